The molecule has 6 heteroatoms. The monoisotopic (exact) mass is 381 g/mol. The molecule has 2 aliphatic rings. The lowest BCUT2D eigenvalue weighted by molar-refractivity contribution is -0.132. The fraction of sp³-hybridized carbons (Fsp3) is 0.381. The molecule has 4 rings (SSSR count). The van der Waals surface area contributed by atoms with Gasteiger partial charge in [0.15, 0.2) is 0 Å². The third-order valence-electron chi connectivity index (χ3n) is 5.09. The molecule has 1 saturated heterocycles. The van der Waals surface area contributed by atoms with Gasteiger partial charge in [-0.3, -0.25) is 9.59 Å². The molecule has 0 saturated carbocycles. The van der Waals surface area contributed by atoms with Crippen LogP contribution in [0.25, 0.3) is 0 Å². The lowest BCUT2D eigenvalue weighted by atomic mass is 10.1. The summed E-state index contributed by atoms with van der Waals surface area (Å²) in [5, 5.41) is 0.738. The average Bonchev–Trinajstić information content (AvgIpc) is 2.83. The van der Waals surface area contributed by atoms with Gasteiger partial charge in [0.05, 0.1) is 11.3 Å². The van der Waals surface area contributed by atoms with Crippen molar-refractivity contribution < 1.29 is 9.59 Å². The van der Waals surface area contributed by atoms with Crippen LogP contribution in [0.1, 0.15) is 42.5 Å². The predicted molar refractivity (Wildman–Crippen MR) is 106 cm³/mol. The van der Waals surface area contributed by atoms with Crippen LogP contribution in [0.5, 0.6) is 0 Å². The highest BCUT2D eigenvalue weighted by molar-refractivity contribution is 7.99. The molecule has 0 spiro atoms. The van der Waals surface area contributed by atoms with Crippen LogP contribution in [0.3, 0.4) is 0 Å². The van der Waals surface area contributed by atoms with E-state index in [1.165, 1.54) is 18.2 Å². The summed E-state index contributed by atoms with van der Waals surface area (Å²) in [7, 11) is 0. The Kier molecular flexibility index (Phi) is 5.43. The normalized spacial score (nSPS) is 16.5. The van der Waals surface area contributed by atoms with Crippen LogP contribution in [-0.4, -0.2) is 41.3 Å². The molecule has 27 heavy (non-hydrogen) atoms. The first-order valence-electron chi connectivity index (χ1n) is 9.55. The van der Waals surface area contributed by atoms with E-state index >= 15 is 0 Å². The van der Waals surface area contributed by atoms with Gasteiger partial charge in [0.2, 0.25) is 5.91 Å². The van der Waals surface area contributed by atoms with Crippen molar-refractivity contribution in [3.8, 4) is 0 Å². The van der Waals surface area contributed by atoms with E-state index in [1.54, 1.807) is 17.2 Å². The van der Waals surface area contributed by atoms with Crippen LogP contribution in [0, 0.1) is 0 Å². The molecule has 1 fully saturated rings. The number of likely N-dealkylation sites (tertiary alicyclic amines) is 1. The number of fused-ring (bicyclic) bond motifs is 2. The largest absolute Gasteiger partial charge is 0.343 e. The zero-order valence-electron chi connectivity index (χ0n) is 15.3. The molecule has 5 nitrogen and oxygen atoms in total. The Hall–Kier alpha value is -2.34. The molecule has 1 aromatic heterocycles. The minimum absolute atomic E-state index is 0.0408. The standard InChI is InChI=1S/C21H23N3O2S/c25-19(23-13-4-1-5-14-23)11-7-15-24-17-9-2-3-10-18(17)27-20-16(21(24)26)8-6-12-22-20/h2-3,6,8-10,12H,1,4-5,7,11,13-15H2. The van der Waals surface area contributed by atoms with Crippen molar-refractivity contribution in [2.75, 3.05) is 24.5 Å². The second-order valence-electron chi connectivity index (χ2n) is 6.93. The van der Waals surface area contributed by atoms with E-state index in [0.29, 0.717) is 24.9 Å². The van der Waals surface area contributed by atoms with Gasteiger partial charge in [-0.2, -0.15) is 0 Å². The summed E-state index contributed by atoms with van der Waals surface area (Å²) in [6.45, 7) is 2.28. The fourth-order valence-corrected chi connectivity index (χ4v) is 4.69. The van der Waals surface area contributed by atoms with E-state index in [0.717, 1.165) is 41.5 Å². The van der Waals surface area contributed by atoms with Gasteiger partial charge in [0, 0.05) is 37.1 Å². The number of benzene rings is 1. The van der Waals surface area contributed by atoms with Crippen molar-refractivity contribution in [3.63, 3.8) is 0 Å². The summed E-state index contributed by atoms with van der Waals surface area (Å²) in [5.74, 6) is 0.169. The molecule has 0 N–H and O–H groups in total. The highest BCUT2D eigenvalue weighted by Gasteiger charge is 2.27. The number of pyridine rings is 1. The molecular formula is C21H23N3O2S. The van der Waals surface area contributed by atoms with E-state index in [4.69, 9.17) is 0 Å². The molecule has 1 aromatic carbocycles. The molecule has 0 aliphatic carbocycles. The Labute approximate surface area is 163 Å². The summed E-state index contributed by atoms with van der Waals surface area (Å²) in [5.41, 5.74) is 1.52. The molecule has 140 valence electrons. The second kappa shape index (κ2) is 8.13. The first-order valence-corrected chi connectivity index (χ1v) is 10.4. The number of aromatic nitrogens is 1. The van der Waals surface area contributed by atoms with Gasteiger partial charge in [-0.25, -0.2) is 4.98 Å². The third-order valence-corrected chi connectivity index (χ3v) is 6.17. The smallest absolute Gasteiger partial charge is 0.261 e. The summed E-state index contributed by atoms with van der Waals surface area (Å²) in [4.78, 5) is 34.8. The number of hydrogen-bond acceptors (Lipinski definition) is 4. The topological polar surface area (TPSA) is 53.5 Å². The number of anilines is 1. The van der Waals surface area contributed by atoms with Crippen molar-refractivity contribution in [1.29, 1.82) is 0 Å². The molecular weight excluding hydrogens is 358 g/mol. The average molecular weight is 382 g/mol. The van der Waals surface area contributed by atoms with Gasteiger partial charge in [-0.15, -0.1) is 0 Å². The van der Waals surface area contributed by atoms with E-state index in [1.807, 2.05) is 35.2 Å². The van der Waals surface area contributed by atoms with Gasteiger partial charge in [0.25, 0.3) is 5.91 Å². The van der Waals surface area contributed by atoms with Crippen molar-refractivity contribution in [2.45, 2.75) is 42.0 Å². The zero-order chi connectivity index (χ0) is 18.6. The Morgan fingerprint density at radius 3 is 2.74 bits per heavy atom. The minimum atomic E-state index is -0.0408. The molecule has 3 heterocycles. The van der Waals surface area contributed by atoms with Gasteiger partial charge in [-0.1, -0.05) is 23.9 Å². The number of amides is 2. The van der Waals surface area contributed by atoms with Crippen molar-refractivity contribution >= 4 is 29.3 Å². The highest BCUT2D eigenvalue weighted by atomic mass is 32.2. The minimum Gasteiger partial charge on any atom is -0.343 e. The molecule has 0 bridgehead atoms. The van der Waals surface area contributed by atoms with E-state index in [2.05, 4.69) is 4.98 Å². The zero-order valence-corrected chi connectivity index (χ0v) is 16.1. The molecule has 2 aliphatic heterocycles. The first kappa shape index (κ1) is 18.0. The Morgan fingerprint density at radius 2 is 1.89 bits per heavy atom. The summed E-state index contributed by atoms with van der Waals surface area (Å²) in [6.07, 6.45) is 6.28. The van der Waals surface area contributed by atoms with Gasteiger partial charge < -0.3 is 9.80 Å². The maximum Gasteiger partial charge on any atom is 0.261 e. The third kappa shape index (κ3) is 3.86. The quantitative estimate of drug-likeness (QED) is 0.804. The lowest BCUT2D eigenvalue weighted by Crippen LogP contribution is -2.37. The maximum atomic E-state index is 13.2. The number of para-hydroxylation sites is 1. The van der Waals surface area contributed by atoms with Crippen LogP contribution < -0.4 is 4.90 Å². The maximum absolute atomic E-state index is 13.2. The number of carbonyl (C=O) groups excluding carboxylic acids is 2. The molecule has 0 atom stereocenters. The van der Waals surface area contributed by atoms with Crippen LogP contribution in [0.4, 0.5) is 5.69 Å². The van der Waals surface area contributed by atoms with Crippen molar-refractivity contribution in [1.82, 2.24) is 9.88 Å². The Morgan fingerprint density at radius 1 is 1.07 bits per heavy atom. The summed E-state index contributed by atoms with van der Waals surface area (Å²) < 4.78 is 0. The number of hydrogen-bond donors (Lipinski definition) is 0. The molecule has 2 aromatic rings. The van der Waals surface area contributed by atoms with Crippen LogP contribution in [0.2, 0.25) is 0 Å². The van der Waals surface area contributed by atoms with Gasteiger partial charge in [-0.05, 0) is 49.9 Å². The predicted octanol–water partition coefficient (Wildman–Crippen LogP) is 3.99. The van der Waals surface area contributed by atoms with Crippen LogP contribution >= 0.6 is 11.8 Å². The number of piperidine rings is 1. The highest BCUT2D eigenvalue weighted by Crippen LogP contribution is 2.40. The van der Waals surface area contributed by atoms with Crippen molar-refractivity contribution in [3.05, 3.63) is 48.2 Å². The first-order chi connectivity index (χ1) is 13.2. The fourth-order valence-electron chi connectivity index (χ4n) is 3.67. The van der Waals surface area contributed by atoms with E-state index < -0.39 is 0 Å². The van der Waals surface area contributed by atoms with E-state index in [9.17, 15) is 9.59 Å². The number of carbonyl (C=O) groups is 2. The summed E-state index contributed by atoms with van der Waals surface area (Å²) in [6, 6.07) is 11.5. The van der Waals surface area contributed by atoms with E-state index in [-0.39, 0.29) is 11.8 Å². The lowest BCUT2D eigenvalue weighted by Gasteiger charge is -2.27. The van der Waals surface area contributed by atoms with Gasteiger partial charge >= 0.3 is 0 Å². The SMILES string of the molecule is O=C(CCCN1C(=O)c2cccnc2Sc2ccccc21)N1CCCCC1. The number of nitrogens with zero attached hydrogens (tertiary/aromatic N) is 3. The van der Waals surface area contributed by atoms with Crippen LogP contribution in [-0.2, 0) is 4.79 Å². The summed E-state index contributed by atoms with van der Waals surface area (Å²) >= 11 is 1.52. The Bertz CT molecular complexity index is 849. The Balaban J connectivity index is 1.50. The van der Waals surface area contributed by atoms with Crippen molar-refractivity contribution in [2.24, 2.45) is 0 Å². The van der Waals surface area contributed by atoms with Crippen LogP contribution in [0.15, 0.2) is 52.5 Å². The second-order valence-corrected chi connectivity index (χ2v) is 7.96. The molecule has 0 unspecified atom stereocenters. The number of rotatable bonds is 4. The molecule has 0 radical (unpaired) electrons. The van der Waals surface area contributed by atoms with Gasteiger partial charge in [0.1, 0.15) is 5.03 Å². The molecule has 2 amide bonds.